The molecule has 164 valence electrons. The molecule has 1 aromatic rings. The van der Waals surface area contributed by atoms with Gasteiger partial charge in [-0.25, -0.2) is 4.79 Å². The summed E-state index contributed by atoms with van der Waals surface area (Å²) >= 11 is 0. The van der Waals surface area contributed by atoms with Crippen molar-refractivity contribution in [3.8, 4) is 0 Å². The largest absolute Gasteiger partial charge is 0.451 e. The second-order valence-electron chi connectivity index (χ2n) is 8.02. The van der Waals surface area contributed by atoms with Crippen molar-refractivity contribution in [1.29, 1.82) is 0 Å². The molecule has 0 aromatic heterocycles. The van der Waals surface area contributed by atoms with Crippen LogP contribution in [0.3, 0.4) is 0 Å². The molecule has 6 heteroatoms. The lowest BCUT2D eigenvalue weighted by Gasteiger charge is -2.37. The molecule has 1 aromatic carbocycles. The van der Waals surface area contributed by atoms with E-state index in [1.165, 1.54) is 0 Å². The van der Waals surface area contributed by atoms with E-state index in [1.54, 1.807) is 38.1 Å². The summed E-state index contributed by atoms with van der Waals surface area (Å²) in [6.45, 7) is 13.6. The third kappa shape index (κ3) is 6.76. The summed E-state index contributed by atoms with van der Waals surface area (Å²) in [6.07, 6.45) is -1.94. The van der Waals surface area contributed by atoms with E-state index in [4.69, 9.17) is 9.16 Å². The highest BCUT2D eigenvalue weighted by molar-refractivity contribution is 6.73. The molecule has 0 spiro atoms. The smallest absolute Gasteiger partial charge is 0.338 e. The summed E-state index contributed by atoms with van der Waals surface area (Å²) in [5.74, 6) is -1.69. The van der Waals surface area contributed by atoms with E-state index in [-0.39, 0.29) is 17.8 Å². The Hall–Kier alpha value is -1.50. The lowest BCUT2D eigenvalue weighted by atomic mass is 9.86. The fourth-order valence-corrected chi connectivity index (χ4v) is 6.64. The van der Waals surface area contributed by atoms with E-state index in [9.17, 15) is 14.7 Å². The van der Waals surface area contributed by atoms with Crippen molar-refractivity contribution in [2.45, 2.75) is 84.9 Å². The van der Waals surface area contributed by atoms with Gasteiger partial charge < -0.3 is 14.3 Å². The van der Waals surface area contributed by atoms with Gasteiger partial charge in [0.1, 0.15) is 0 Å². The maximum Gasteiger partial charge on any atom is 0.338 e. The van der Waals surface area contributed by atoms with Gasteiger partial charge >= 0.3 is 5.97 Å². The SMILES string of the molecule is CC[Si](CC)(CC)O[C@H](C)[C@@H](C)[C@@H](O)[C@@H](C)C(=O)[C@H](C)OC(=O)c1ccccc1. The summed E-state index contributed by atoms with van der Waals surface area (Å²) < 4.78 is 11.8. The van der Waals surface area contributed by atoms with Crippen LogP contribution in [-0.2, 0) is 14.0 Å². The van der Waals surface area contributed by atoms with E-state index in [0.29, 0.717) is 5.56 Å². The van der Waals surface area contributed by atoms with Crippen LogP contribution in [0.5, 0.6) is 0 Å². The van der Waals surface area contributed by atoms with Gasteiger partial charge in [0.15, 0.2) is 20.2 Å². The van der Waals surface area contributed by atoms with Gasteiger partial charge in [-0.05, 0) is 44.1 Å². The molecule has 1 rings (SSSR count). The van der Waals surface area contributed by atoms with Gasteiger partial charge in [0.2, 0.25) is 0 Å². The third-order valence-corrected chi connectivity index (χ3v) is 11.0. The van der Waals surface area contributed by atoms with E-state index in [2.05, 4.69) is 20.8 Å². The van der Waals surface area contributed by atoms with Crippen molar-refractivity contribution in [3.05, 3.63) is 35.9 Å². The maximum absolute atomic E-state index is 12.8. The fourth-order valence-electron chi connectivity index (χ4n) is 3.63. The molecule has 0 saturated carbocycles. The number of ether oxygens (including phenoxy) is 1. The molecule has 0 unspecified atom stereocenters. The molecule has 0 amide bonds. The average molecular weight is 423 g/mol. The Balaban J connectivity index is 2.73. The van der Waals surface area contributed by atoms with Crippen molar-refractivity contribution in [1.82, 2.24) is 0 Å². The predicted octanol–water partition coefficient (Wildman–Crippen LogP) is 4.84. The summed E-state index contributed by atoms with van der Waals surface area (Å²) in [6, 6.07) is 11.7. The fraction of sp³-hybridized carbons (Fsp3) is 0.652. The van der Waals surface area contributed by atoms with Crippen LogP contribution in [0.1, 0.15) is 58.8 Å². The number of carbonyl (C=O) groups is 2. The van der Waals surface area contributed by atoms with Crippen molar-refractivity contribution in [3.63, 3.8) is 0 Å². The van der Waals surface area contributed by atoms with Gasteiger partial charge in [0, 0.05) is 17.9 Å². The first kappa shape index (κ1) is 25.5. The Morgan fingerprint density at radius 1 is 0.966 bits per heavy atom. The molecule has 0 radical (unpaired) electrons. The second kappa shape index (κ2) is 11.6. The van der Waals surface area contributed by atoms with Gasteiger partial charge in [-0.1, -0.05) is 52.8 Å². The van der Waals surface area contributed by atoms with Crippen LogP contribution >= 0.6 is 0 Å². The topological polar surface area (TPSA) is 72.8 Å². The number of aliphatic hydroxyl groups excluding tert-OH is 1. The Morgan fingerprint density at radius 3 is 1.97 bits per heavy atom. The molecule has 1 N–H and O–H groups in total. The average Bonchev–Trinajstić information content (AvgIpc) is 2.75. The lowest BCUT2D eigenvalue weighted by Crippen LogP contribution is -2.46. The van der Waals surface area contributed by atoms with Crippen molar-refractivity contribution in [2.24, 2.45) is 11.8 Å². The van der Waals surface area contributed by atoms with Crippen LogP contribution in [0.2, 0.25) is 18.1 Å². The molecular weight excluding hydrogens is 384 g/mol. The summed E-state index contributed by atoms with van der Waals surface area (Å²) in [5, 5.41) is 10.8. The van der Waals surface area contributed by atoms with Crippen molar-refractivity contribution >= 4 is 20.1 Å². The summed E-state index contributed by atoms with van der Waals surface area (Å²) in [4.78, 5) is 25.0. The van der Waals surface area contributed by atoms with E-state index in [0.717, 1.165) is 18.1 Å². The van der Waals surface area contributed by atoms with Gasteiger partial charge in [0.25, 0.3) is 0 Å². The van der Waals surface area contributed by atoms with Crippen LogP contribution in [0, 0.1) is 11.8 Å². The number of hydrogen-bond acceptors (Lipinski definition) is 5. The Bertz CT molecular complexity index is 636. The minimum atomic E-state index is -1.80. The molecule has 0 saturated heterocycles. The highest BCUT2D eigenvalue weighted by Gasteiger charge is 2.37. The van der Waals surface area contributed by atoms with Gasteiger partial charge in [0.05, 0.1) is 11.7 Å². The lowest BCUT2D eigenvalue weighted by molar-refractivity contribution is -0.135. The number of hydrogen-bond donors (Lipinski definition) is 1. The quantitative estimate of drug-likeness (QED) is 0.385. The van der Waals surface area contributed by atoms with Crippen LogP contribution < -0.4 is 0 Å². The summed E-state index contributed by atoms with van der Waals surface area (Å²) in [5.41, 5.74) is 0.399. The van der Waals surface area contributed by atoms with E-state index in [1.807, 2.05) is 19.9 Å². The van der Waals surface area contributed by atoms with Crippen molar-refractivity contribution in [2.75, 3.05) is 0 Å². The molecule has 0 aliphatic rings. The molecule has 0 bridgehead atoms. The Morgan fingerprint density at radius 2 is 1.48 bits per heavy atom. The minimum absolute atomic E-state index is 0.144. The zero-order chi connectivity index (χ0) is 22.2. The number of aliphatic hydroxyl groups is 1. The Kier molecular flexibility index (Phi) is 10.2. The number of Topliss-reactive ketones (excluding diaryl/α,β-unsaturated/α-hetero) is 1. The van der Waals surface area contributed by atoms with E-state index >= 15 is 0 Å². The number of rotatable bonds is 12. The zero-order valence-electron chi connectivity index (χ0n) is 19.0. The number of benzene rings is 1. The Labute approximate surface area is 176 Å². The number of carbonyl (C=O) groups excluding carboxylic acids is 2. The second-order valence-corrected chi connectivity index (χ2v) is 12.7. The maximum atomic E-state index is 12.8. The first-order valence-electron chi connectivity index (χ1n) is 10.8. The molecule has 5 atom stereocenters. The molecule has 0 fully saturated rings. The monoisotopic (exact) mass is 422 g/mol. The third-order valence-electron chi connectivity index (χ3n) is 6.30. The molecule has 0 heterocycles. The van der Waals surface area contributed by atoms with Crippen LogP contribution in [0.25, 0.3) is 0 Å². The highest BCUT2D eigenvalue weighted by atomic mass is 28.4. The predicted molar refractivity (Wildman–Crippen MR) is 118 cm³/mol. The molecular formula is C23H38O5Si. The van der Waals surface area contributed by atoms with Gasteiger partial charge in [-0.3, -0.25) is 4.79 Å². The van der Waals surface area contributed by atoms with Crippen LogP contribution in [-0.4, -0.2) is 43.5 Å². The normalized spacial score (nSPS) is 17.1. The first-order valence-corrected chi connectivity index (χ1v) is 13.3. The first-order chi connectivity index (χ1) is 13.6. The van der Waals surface area contributed by atoms with Crippen LogP contribution in [0.4, 0.5) is 0 Å². The van der Waals surface area contributed by atoms with Gasteiger partial charge in [-0.15, -0.1) is 0 Å². The van der Waals surface area contributed by atoms with E-state index < -0.39 is 32.4 Å². The molecule has 29 heavy (non-hydrogen) atoms. The highest BCUT2D eigenvalue weighted by Crippen LogP contribution is 2.28. The molecule has 5 nitrogen and oxygen atoms in total. The minimum Gasteiger partial charge on any atom is -0.451 e. The standard InChI is InChI=1S/C23H38O5Si/c1-8-29(9-2,10-3)28-18(6)16(4)21(24)17(5)22(25)19(7)27-23(26)20-14-12-11-13-15-20/h11-19,21,24H,8-10H2,1-7H3/t16-,17-,18-,19+,21-/m1/s1. The number of ketones is 1. The zero-order valence-corrected chi connectivity index (χ0v) is 20.0. The van der Waals surface area contributed by atoms with Crippen molar-refractivity contribution < 1.29 is 23.9 Å². The molecule has 0 aliphatic heterocycles. The molecule has 0 aliphatic carbocycles. The van der Waals surface area contributed by atoms with Crippen LogP contribution in [0.15, 0.2) is 30.3 Å². The number of esters is 1. The summed E-state index contributed by atoms with van der Waals surface area (Å²) in [7, 11) is -1.80. The van der Waals surface area contributed by atoms with Gasteiger partial charge in [-0.2, -0.15) is 0 Å².